The van der Waals surface area contributed by atoms with Gasteiger partial charge in [0, 0.05) is 50.4 Å². The molecule has 1 saturated carbocycles. The Morgan fingerprint density at radius 3 is 2.21 bits per heavy atom. The van der Waals surface area contributed by atoms with Crippen LogP contribution in [0.5, 0.6) is 0 Å². The molecule has 2 aromatic rings. The van der Waals surface area contributed by atoms with Gasteiger partial charge in [0.15, 0.2) is 0 Å². The van der Waals surface area contributed by atoms with Crippen LogP contribution in [-0.4, -0.2) is 68.8 Å². The molecule has 2 fully saturated rings. The van der Waals surface area contributed by atoms with Crippen LogP contribution in [0.2, 0.25) is 0 Å². The van der Waals surface area contributed by atoms with E-state index in [-0.39, 0.29) is 35.1 Å². The Bertz CT molecular complexity index is 1200. The average molecular weight is 539 g/mol. The third-order valence-corrected chi connectivity index (χ3v) is 8.61. The molecule has 38 heavy (non-hydrogen) atoms. The van der Waals surface area contributed by atoms with E-state index in [2.05, 4.69) is 11.5 Å². The standard InChI is InChI=1S/C29H38N4O4S/c1-2-17-32(28(34)22-23-11-13-27(14-12-23)38(30,36)37)26-15-18-31(19-16-26)20-21-33(25-9-4-3-5-10-25)29(35)24-7-6-8-24/h2-5,9-14,24,26H,1,6-8,15-22H2,(H2,30,36,37). The second-order valence-corrected chi connectivity index (χ2v) is 11.8. The van der Waals surface area contributed by atoms with E-state index in [0.29, 0.717) is 13.1 Å². The fourth-order valence-electron chi connectivity index (χ4n) is 5.21. The van der Waals surface area contributed by atoms with Crippen molar-refractivity contribution < 1.29 is 18.0 Å². The molecule has 1 aliphatic heterocycles. The summed E-state index contributed by atoms with van der Waals surface area (Å²) < 4.78 is 23.0. The minimum absolute atomic E-state index is 0.00643. The van der Waals surface area contributed by atoms with E-state index in [1.54, 1.807) is 18.2 Å². The summed E-state index contributed by atoms with van der Waals surface area (Å²) in [5, 5.41) is 5.17. The van der Waals surface area contributed by atoms with E-state index >= 15 is 0 Å². The smallest absolute Gasteiger partial charge is 0.238 e. The van der Waals surface area contributed by atoms with Gasteiger partial charge in [0.2, 0.25) is 21.8 Å². The predicted octanol–water partition coefficient (Wildman–Crippen LogP) is 3.19. The molecule has 2 N–H and O–H groups in total. The molecule has 2 amide bonds. The average Bonchev–Trinajstić information content (AvgIpc) is 2.87. The lowest BCUT2D eigenvalue weighted by Crippen LogP contribution is -2.50. The molecule has 1 saturated heterocycles. The number of likely N-dealkylation sites (tertiary alicyclic amines) is 1. The number of primary sulfonamides is 1. The topological polar surface area (TPSA) is 104 Å². The normalized spacial score (nSPS) is 17.0. The molecule has 9 heteroatoms. The molecular weight excluding hydrogens is 500 g/mol. The van der Waals surface area contributed by atoms with Crippen LogP contribution < -0.4 is 10.0 Å². The third kappa shape index (κ3) is 7.09. The molecule has 204 valence electrons. The lowest BCUT2D eigenvalue weighted by atomic mass is 9.84. The van der Waals surface area contributed by atoms with Crippen molar-refractivity contribution in [1.82, 2.24) is 9.80 Å². The van der Waals surface area contributed by atoms with Crippen molar-refractivity contribution in [2.24, 2.45) is 11.1 Å². The van der Waals surface area contributed by atoms with E-state index in [0.717, 1.165) is 63.0 Å². The molecule has 0 unspecified atom stereocenters. The largest absolute Gasteiger partial charge is 0.336 e. The number of hydrogen-bond donors (Lipinski definition) is 1. The van der Waals surface area contributed by atoms with Crippen LogP contribution in [0.3, 0.4) is 0 Å². The van der Waals surface area contributed by atoms with Crippen LogP contribution >= 0.6 is 0 Å². The molecule has 0 atom stereocenters. The zero-order valence-electron chi connectivity index (χ0n) is 21.9. The van der Waals surface area contributed by atoms with Crippen LogP contribution in [0, 0.1) is 5.92 Å². The molecule has 0 spiro atoms. The zero-order valence-corrected chi connectivity index (χ0v) is 22.7. The van der Waals surface area contributed by atoms with Crippen LogP contribution in [0.4, 0.5) is 5.69 Å². The summed E-state index contributed by atoms with van der Waals surface area (Å²) >= 11 is 0. The third-order valence-electron chi connectivity index (χ3n) is 7.68. The van der Waals surface area contributed by atoms with Crippen molar-refractivity contribution in [3.63, 3.8) is 0 Å². The summed E-state index contributed by atoms with van der Waals surface area (Å²) in [6.07, 6.45) is 6.74. The highest BCUT2D eigenvalue weighted by atomic mass is 32.2. The van der Waals surface area contributed by atoms with Crippen LogP contribution in [0.25, 0.3) is 0 Å². The van der Waals surface area contributed by atoms with Crippen molar-refractivity contribution in [2.75, 3.05) is 37.6 Å². The number of carbonyl (C=O) groups is 2. The van der Waals surface area contributed by atoms with Gasteiger partial charge in [-0.3, -0.25) is 9.59 Å². The van der Waals surface area contributed by atoms with Gasteiger partial charge in [-0.05, 0) is 55.5 Å². The molecule has 0 bridgehead atoms. The van der Waals surface area contributed by atoms with Gasteiger partial charge in [0.25, 0.3) is 0 Å². The highest BCUT2D eigenvalue weighted by Crippen LogP contribution is 2.30. The summed E-state index contributed by atoms with van der Waals surface area (Å²) in [6, 6.07) is 16.2. The highest BCUT2D eigenvalue weighted by molar-refractivity contribution is 7.89. The van der Waals surface area contributed by atoms with Gasteiger partial charge in [-0.25, -0.2) is 13.6 Å². The summed E-state index contributed by atoms with van der Waals surface area (Å²) in [7, 11) is -3.76. The number of carbonyl (C=O) groups excluding carboxylic acids is 2. The molecular formula is C29H38N4O4S. The number of nitrogens with two attached hydrogens (primary N) is 1. The van der Waals surface area contributed by atoms with Crippen molar-refractivity contribution >= 4 is 27.5 Å². The number of piperidine rings is 1. The van der Waals surface area contributed by atoms with E-state index < -0.39 is 10.0 Å². The Morgan fingerprint density at radius 1 is 1.00 bits per heavy atom. The van der Waals surface area contributed by atoms with Gasteiger partial charge >= 0.3 is 0 Å². The fourth-order valence-corrected chi connectivity index (χ4v) is 5.73. The number of para-hydroxylation sites is 1. The van der Waals surface area contributed by atoms with Crippen LogP contribution in [-0.2, 0) is 26.0 Å². The highest BCUT2D eigenvalue weighted by Gasteiger charge is 2.31. The lowest BCUT2D eigenvalue weighted by molar-refractivity contribution is -0.133. The summed E-state index contributed by atoms with van der Waals surface area (Å²) in [5.74, 6) is 0.376. The molecule has 2 aromatic carbocycles. The van der Waals surface area contributed by atoms with Crippen molar-refractivity contribution in [3.8, 4) is 0 Å². The van der Waals surface area contributed by atoms with Crippen LogP contribution in [0.1, 0.15) is 37.7 Å². The Labute approximate surface area is 226 Å². The van der Waals surface area contributed by atoms with E-state index in [1.165, 1.54) is 12.1 Å². The van der Waals surface area contributed by atoms with Crippen molar-refractivity contribution in [2.45, 2.75) is 49.5 Å². The first kappa shape index (κ1) is 28.0. The van der Waals surface area contributed by atoms with E-state index in [1.807, 2.05) is 40.1 Å². The summed E-state index contributed by atoms with van der Waals surface area (Å²) in [4.78, 5) is 32.6. The zero-order chi connectivity index (χ0) is 27.1. The first-order valence-corrected chi connectivity index (χ1v) is 14.9. The maximum Gasteiger partial charge on any atom is 0.238 e. The first-order chi connectivity index (χ1) is 18.3. The molecule has 1 heterocycles. The van der Waals surface area contributed by atoms with Gasteiger partial charge < -0.3 is 14.7 Å². The molecule has 0 radical (unpaired) electrons. The van der Waals surface area contributed by atoms with E-state index in [9.17, 15) is 18.0 Å². The fraction of sp³-hybridized carbons (Fsp3) is 0.448. The van der Waals surface area contributed by atoms with Gasteiger partial charge in [-0.15, -0.1) is 6.58 Å². The minimum atomic E-state index is -3.76. The Hall–Kier alpha value is -3.01. The lowest BCUT2D eigenvalue weighted by Gasteiger charge is -2.39. The number of anilines is 1. The van der Waals surface area contributed by atoms with E-state index in [4.69, 9.17) is 5.14 Å². The quantitative estimate of drug-likeness (QED) is 0.443. The monoisotopic (exact) mass is 538 g/mol. The SMILES string of the molecule is C=CCN(C(=O)Cc1ccc(S(N)(=O)=O)cc1)C1CCN(CCN(C(=O)C2CCC2)c2ccccc2)CC1. The molecule has 4 rings (SSSR count). The second-order valence-electron chi connectivity index (χ2n) is 10.2. The van der Waals surface area contributed by atoms with Crippen molar-refractivity contribution in [1.29, 1.82) is 0 Å². The Kier molecular flexibility index (Phi) is 9.35. The van der Waals surface area contributed by atoms with Gasteiger partial charge in [-0.1, -0.05) is 42.8 Å². The predicted molar refractivity (Wildman–Crippen MR) is 149 cm³/mol. The Balaban J connectivity index is 1.32. The number of hydrogen-bond acceptors (Lipinski definition) is 5. The molecule has 2 aliphatic rings. The number of amides is 2. The van der Waals surface area contributed by atoms with Gasteiger partial charge in [0.05, 0.1) is 11.3 Å². The number of sulfonamides is 1. The maximum absolute atomic E-state index is 13.2. The first-order valence-electron chi connectivity index (χ1n) is 13.4. The maximum atomic E-state index is 13.2. The van der Waals surface area contributed by atoms with Gasteiger partial charge in [-0.2, -0.15) is 0 Å². The molecule has 1 aliphatic carbocycles. The number of rotatable bonds is 11. The number of benzene rings is 2. The summed E-state index contributed by atoms with van der Waals surface area (Å²) in [6.45, 7) is 7.47. The van der Waals surface area contributed by atoms with Gasteiger partial charge in [0.1, 0.15) is 0 Å². The van der Waals surface area contributed by atoms with Crippen LogP contribution in [0.15, 0.2) is 72.1 Å². The second kappa shape index (κ2) is 12.7. The number of nitrogens with zero attached hydrogens (tertiary/aromatic N) is 3. The molecule has 8 nitrogen and oxygen atoms in total. The molecule has 0 aromatic heterocycles. The Morgan fingerprint density at radius 2 is 1.66 bits per heavy atom. The van der Waals surface area contributed by atoms with Crippen molar-refractivity contribution in [3.05, 3.63) is 72.8 Å². The minimum Gasteiger partial charge on any atom is -0.336 e. The summed E-state index contributed by atoms with van der Waals surface area (Å²) in [5.41, 5.74) is 1.70.